The number of hydrogen-bond donors (Lipinski definition) is 0. The summed E-state index contributed by atoms with van der Waals surface area (Å²) in [4.78, 5) is 20.2. The first kappa shape index (κ1) is 40.9. The molecule has 0 N–H and O–H groups in total. The number of aliphatic carboxylic acids is 2. The Bertz CT molecular complexity index is 391. The number of rotatable bonds is 26. The predicted molar refractivity (Wildman–Crippen MR) is 153 cm³/mol. The van der Waals surface area contributed by atoms with Gasteiger partial charge in [0.2, 0.25) is 0 Å². The Morgan fingerprint density at radius 3 is 0.892 bits per heavy atom. The molecule has 0 bridgehead atoms. The van der Waals surface area contributed by atoms with Crippen molar-refractivity contribution in [2.45, 2.75) is 193 Å². The molecule has 0 aromatic heterocycles. The molecule has 0 heterocycles. The fourth-order valence-corrected chi connectivity index (χ4v) is 5.16. The van der Waals surface area contributed by atoms with E-state index in [4.69, 9.17) is 0 Å². The van der Waals surface area contributed by atoms with E-state index in [0.717, 1.165) is 25.7 Å². The normalized spacial score (nSPS) is 10.3. The van der Waals surface area contributed by atoms with Crippen molar-refractivity contribution in [1.29, 1.82) is 0 Å². The number of carbonyl (C=O) groups excluding carboxylic acids is 2. The maximum atomic E-state index is 10.1. The summed E-state index contributed by atoms with van der Waals surface area (Å²) in [5, 5.41) is 23.0. The number of unbranched alkanes of at least 4 members (excludes halogenated alkanes) is 18. The summed E-state index contributed by atoms with van der Waals surface area (Å²) in [6, 6.07) is 0. The second kappa shape index (κ2) is 40.0. The summed E-state index contributed by atoms with van der Waals surface area (Å²) in [5.41, 5.74) is 0. The summed E-state index contributed by atoms with van der Waals surface area (Å²) in [5.74, 6) is -1.82. The van der Waals surface area contributed by atoms with E-state index in [0.29, 0.717) is 0 Å². The van der Waals surface area contributed by atoms with Gasteiger partial charge in [-0.05, 0) is 25.7 Å². The Labute approximate surface area is 238 Å². The first-order valence-electron chi connectivity index (χ1n) is 15.8. The van der Waals surface area contributed by atoms with Crippen LogP contribution in [0.25, 0.3) is 0 Å². The Hall–Kier alpha value is -0.554. The molecular formula is C32H64CoO4. The predicted octanol–water partition coefficient (Wildman–Crippen LogP) is 8.82. The fourth-order valence-electron chi connectivity index (χ4n) is 3.65. The Balaban J connectivity index is -0.000000481. The third-order valence-electron chi connectivity index (χ3n) is 6.15. The van der Waals surface area contributed by atoms with Crippen LogP contribution in [0.3, 0.4) is 0 Å². The molecule has 4 nitrogen and oxygen atoms in total. The zero-order valence-corrected chi connectivity index (χ0v) is 26.4. The van der Waals surface area contributed by atoms with Gasteiger partial charge in [-0.2, -0.15) is 0 Å². The minimum absolute atomic E-state index is 0.232. The summed E-state index contributed by atoms with van der Waals surface area (Å²) >= 11 is 1.70. The van der Waals surface area contributed by atoms with Gasteiger partial charge in [0.25, 0.3) is 0 Å². The van der Waals surface area contributed by atoms with Crippen molar-refractivity contribution in [2.75, 3.05) is 0 Å². The molecule has 0 aromatic rings. The third-order valence-corrected chi connectivity index (χ3v) is 7.62. The average Bonchev–Trinajstić information content (AvgIpc) is 2.87. The van der Waals surface area contributed by atoms with Gasteiger partial charge in [-0.25, -0.2) is 0 Å². The summed E-state index contributed by atoms with van der Waals surface area (Å²) < 4.78 is 0. The van der Waals surface area contributed by atoms with Crippen LogP contribution in [-0.4, -0.2) is 11.9 Å². The molecule has 0 amide bonds. The van der Waals surface area contributed by atoms with E-state index in [-0.39, 0.29) is 12.8 Å². The molecule has 37 heavy (non-hydrogen) atoms. The van der Waals surface area contributed by atoms with E-state index in [1.165, 1.54) is 126 Å². The third kappa shape index (κ3) is 52.6. The van der Waals surface area contributed by atoms with Gasteiger partial charge >= 0.3 is 64.9 Å². The van der Waals surface area contributed by atoms with Crippen molar-refractivity contribution >= 4 is 11.9 Å². The number of hydrogen-bond acceptors (Lipinski definition) is 4. The second-order valence-electron chi connectivity index (χ2n) is 10.1. The van der Waals surface area contributed by atoms with Crippen molar-refractivity contribution in [3.63, 3.8) is 0 Å². The molecule has 0 saturated carbocycles. The number of carboxylic acid groups (broad SMARTS) is 2. The van der Waals surface area contributed by atoms with Crippen LogP contribution in [0, 0.1) is 0 Å². The van der Waals surface area contributed by atoms with Crippen molar-refractivity contribution in [1.82, 2.24) is 0 Å². The van der Waals surface area contributed by atoms with Gasteiger partial charge in [-0.15, -0.1) is 0 Å². The quantitative estimate of drug-likeness (QED) is 0.0972. The molecule has 0 saturated heterocycles. The molecule has 0 rings (SSSR count). The molecule has 0 aliphatic heterocycles. The number of carbonyl (C=O) groups is 2. The van der Waals surface area contributed by atoms with Gasteiger partial charge in [0.1, 0.15) is 0 Å². The average molecular weight is 572 g/mol. The maximum absolute atomic E-state index is 10.1. The first-order chi connectivity index (χ1) is 18.0. The zero-order valence-electron chi connectivity index (χ0n) is 25.4. The molecule has 0 aromatic carbocycles. The summed E-state index contributed by atoms with van der Waals surface area (Å²) in [6.45, 7) is 8.96. The molecule has 0 aliphatic rings. The summed E-state index contributed by atoms with van der Waals surface area (Å²) in [7, 11) is 0. The first-order valence-corrected chi connectivity index (χ1v) is 17.3. The molecule has 5 heteroatoms. The van der Waals surface area contributed by atoms with Gasteiger partial charge in [0, 0.05) is 11.9 Å². The van der Waals surface area contributed by atoms with Crippen LogP contribution >= 0.6 is 0 Å². The van der Waals surface area contributed by atoms with Crippen LogP contribution in [0.4, 0.5) is 0 Å². The van der Waals surface area contributed by atoms with Gasteiger partial charge in [-0.1, -0.05) is 117 Å². The van der Waals surface area contributed by atoms with E-state index < -0.39 is 11.9 Å². The van der Waals surface area contributed by atoms with Crippen molar-refractivity contribution in [3.8, 4) is 0 Å². The Morgan fingerprint density at radius 2 is 0.649 bits per heavy atom. The molecule has 0 atom stereocenters. The Morgan fingerprint density at radius 1 is 0.405 bits per heavy atom. The van der Waals surface area contributed by atoms with Crippen molar-refractivity contribution < 1.29 is 34.5 Å². The topological polar surface area (TPSA) is 80.3 Å². The van der Waals surface area contributed by atoms with Gasteiger partial charge in [0.05, 0.1) is 0 Å². The standard InChI is InChI=1S/2C12H24O2.2C4H9.Co/c2*1-2-3-4-5-6-7-8-9-10-11-12(13)14;2*1-3-4-2;/h2*2-11H2,1H3,(H,13,14);2*1,3-4H2,2H3;/q;;;;+2/p-2. The summed E-state index contributed by atoms with van der Waals surface area (Å²) in [6.07, 6.45) is 27.9. The second-order valence-corrected chi connectivity index (χ2v) is 11.7. The molecule has 0 spiro atoms. The van der Waals surface area contributed by atoms with Crippen LogP contribution in [0.15, 0.2) is 0 Å². The molecule has 0 radical (unpaired) electrons. The monoisotopic (exact) mass is 571 g/mol. The van der Waals surface area contributed by atoms with Gasteiger partial charge < -0.3 is 19.8 Å². The van der Waals surface area contributed by atoms with Crippen LogP contribution in [0.2, 0.25) is 10.7 Å². The Kier molecular flexibility index (Phi) is 44.2. The van der Waals surface area contributed by atoms with E-state index in [1.807, 2.05) is 0 Å². The van der Waals surface area contributed by atoms with E-state index >= 15 is 0 Å². The molecule has 225 valence electrons. The van der Waals surface area contributed by atoms with Crippen LogP contribution in [0.1, 0.15) is 182 Å². The van der Waals surface area contributed by atoms with E-state index in [2.05, 4.69) is 27.7 Å². The molecule has 0 fully saturated rings. The zero-order chi connectivity index (χ0) is 28.2. The molecule has 0 aliphatic carbocycles. The molecular weight excluding hydrogens is 507 g/mol. The van der Waals surface area contributed by atoms with Gasteiger partial charge in [-0.3, -0.25) is 0 Å². The van der Waals surface area contributed by atoms with Crippen molar-refractivity contribution in [3.05, 3.63) is 0 Å². The van der Waals surface area contributed by atoms with Crippen molar-refractivity contribution in [2.24, 2.45) is 0 Å². The van der Waals surface area contributed by atoms with E-state index in [9.17, 15) is 19.8 Å². The minimum atomic E-state index is -0.909. The molecule has 0 unspecified atom stereocenters. The van der Waals surface area contributed by atoms with Crippen LogP contribution in [0.5, 0.6) is 0 Å². The van der Waals surface area contributed by atoms with Crippen LogP contribution < -0.4 is 10.2 Å². The SMILES string of the molecule is CCCCCCCCCCCC(=O)[O-].CCCCCCCCCCCC(=O)[O-].CCC[CH2][Co+2][CH2]CCC. The van der Waals surface area contributed by atoms with Crippen LogP contribution in [-0.2, 0) is 24.3 Å². The van der Waals surface area contributed by atoms with E-state index in [1.54, 1.807) is 14.7 Å². The fraction of sp³-hybridized carbons (Fsp3) is 0.938. The number of carboxylic acids is 2. The van der Waals surface area contributed by atoms with Gasteiger partial charge in [0.15, 0.2) is 0 Å².